The minimum absolute atomic E-state index is 0.356. The van der Waals surface area contributed by atoms with Crippen molar-refractivity contribution in [3.05, 3.63) is 0 Å². The van der Waals surface area contributed by atoms with Gasteiger partial charge < -0.3 is 14.7 Å². The molecule has 0 heterocycles. The van der Waals surface area contributed by atoms with E-state index in [2.05, 4.69) is 6.92 Å². The van der Waals surface area contributed by atoms with Crippen LogP contribution in [0.1, 0.15) is 110 Å². The molecule has 0 aliphatic heterocycles. The van der Waals surface area contributed by atoms with Gasteiger partial charge in [0.15, 0.2) is 0 Å². The molecule has 0 saturated heterocycles. The zero-order chi connectivity index (χ0) is 19.3. The fourth-order valence-electron chi connectivity index (χ4n) is 3.45. The SMILES string of the molecule is CCCCCCCCCCCCCCCCCCOCC(O)CN(C)C. The van der Waals surface area contributed by atoms with Crippen molar-refractivity contribution < 1.29 is 9.84 Å². The number of aliphatic hydroxyl groups excluding tert-OH is 1. The standard InChI is InChI=1S/C23H49NO2/c1-4-5-6-7-8-9-10-11-12-13-14-15-16-17-18-19-20-26-22-23(25)21-24(2)3/h23,25H,4-22H2,1-3H3. The van der Waals surface area contributed by atoms with E-state index in [0.29, 0.717) is 13.2 Å². The predicted molar refractivity (Wildman–Crippen MR) is 115 cm³/mol. The number of hydrogen-bond donors (Lipinski definition) is 1. The third kappa shape index (κ3) is 21.9. The average Bonchev–Trinajstić information content (AvgIpc) is 2.60. The molecule has 3 heteroatoms. The highest BCUT2D eigenvalue weighted by Crippen LogP contribution is 2.13. The molecule has 0 radical (unpaired) electrons. The lowest BCUT2D eigenvalue weighted by Gasteiger charge is -2.15. The van der Waals surface area contributed by atoms with Gasteiger partial charge in [-0.25, -0.2) is 0 Å². The van der Waals surface area contributed by atoms with Crippen LogP contribution in [-0.2, 0) is 4.74 Å². The molecule has 158 valence electrons. The summed E-state index contributed by atoms with van der Waals surface area (Å²) >= 11 is 0. The summed E-state index contributed by atoms with van der Waals surface area (Å²) in [4.78, 5) is 1.99. The molecule has 26 heavy (non-hydrogen) atoms. The van der Waals surface area contributed by atoms with E-state index in [-0.39, 0.29) is 6.10 Å². The van der Waals surface area contributed by atoms with Crippen LogP contribution in [0.2, 0.25) is 0 Å². The lowest BCUT2D eigenvalue weighted by molar-refractivity contribution is 0.0229. The summed E-state index contributed by atoms with van der Waals surface area (Å²) in [5, 5.41) is 9.69. The van der Waals surface area contributed by atoms with Crippen LogP contribution < -0.4 is 0 Å². The molecule has 0 aromatic heterocycles. The van der Waals surface area contributed by atoms with Crippen molar-refractivity contribution in [2.75, 3.05) is 33.9 Å². The number of nitrogens with zero attached hydrogens (tertiary/aromatic N) is 1. The fourth-order valence-corrected chi connectivity index (χ4v) is 3.45. The monoisotopic (exact) mass is 371 g/mol. The van der Waals surface area contributed by atoms with E-state index in [4.69, 9.17) is 4.74 Å². The van der Waals surface area contributed by atoms with Gasteiger partial charge in [-0.2, -0.15) is 0 Å². The fraction of sp³-hybridized carbons (Fsp3) is 1.00. The number of unbranched alkanes of at least 4 members (excludes halogenated alkanes) is 15. The van der Waals surface area contributed by atoms with E-state index in [0.717, 1.165) is 13.0 Å². The molecule has 0 saturated carbocycles. The van der Waals surface area contributed by atoms with E-state index < -0.39 is 0 Å². The summed E-state index contributed by atoms with van der Waals surface area (Å²) in [7, 11) is 3.94. The highest BCUT2D eigenvalue weighted by atomic mass is 16.5. The second-order valence-electron chi connectivity index (χ2n) is 8.29. The van der Waals surface area contributed by atoms with Crippen molar-refractivity contribution in [3.63, 3.8) is 0 Å². The Morgan fingerprint density at radius 3 is 1.42 bits per heavy atom. The van der Waals surface area contributed by atoms with Crippen molar-refractivity contribution in [1.82, 2.24) is 4.90 Å². The maximum absolute atomic E-state index is 9.69. The van der Waals surface area contributed by atoms with Crippen LogP contribution in [0.3, 0.4) is 0 Å². The van der Waals surface area contributed by atoms with Gasteiger partial charge in [-0.1, -0.05) is 103 Å². The Labute approximate surface area is 164 Å². The highest BCUT2D eigenvalue weighted by molar-refractivity contribution is 4.57. The van der Waals surface area contributed by atoms with Gasteiger partial charge in [0.05, 0.1) is 12.7 Å². The van der Waals surface area contributed by atoms with E-state index in [1.54, 1.807) is 0 Å². The molecule has 0 aromatic rings. The summed E-state index contributed by atoms with van der Waals surface area (Å²) in [5.74, 6) is 0. The van der Waals surface area contributed by atoms with Crippen molar-refractivity contribution >= 4 is 0 Å². The van der Waals surface area contributed by atoms with Crippen LogP contribution in [0.25, 0.3) is 0 Å². The molecule has 1 atom stereocenters. The average molecular weight is 372 g/mol. The summed E-state index contributed by atoms with van der Waals surface area (Å²) in [6.07, 6.45) is 21.9. The van der Waals surface area contributed by atoms with Gasteiger partial charge in [0, 0.05) is 13.2 Å². The zero-order valence-corrected chi connectivity index (χ0v) is 18.3. The number of ether oxygens (including phenoxy) is 1. The first-order chi connectivity index (χ1) is 12.7. The maximum Gasteiger partial charge on any atom is 0.0899 e. The van der Waals surface area contributed by atoms with E-state index in [1.165, 1.54) is 96.3 Å². The molecule has 0 aromatic carbocycles. The van der Waals surface area contributed by atoms with Gasteiger partial charge in [0.1, 0.15) is 0 Å². The van der Waals surface area contributed by atoms with Crippen molar-refractivity contribution in [2.45, 2.75) is 116 Å². The molecule has 1 N–H and O–H groups in total. The molecule has 0 amide bonds. The van der Waals surface area contributed by atoms with Crippen molar-refractivity contribution in [1.29, 1.82) is 0 Å². The third-order valence-corrected chi connectivity index (χ3v) is 5.03. The van der Waals surface area contributed by atoms with Gasteiger partial charge in [-0.15, -0.1) is 0 Å². The molecular formula is C23H49NO2. The summed E-state index contributed by atoms with van der Waals surface area (Å²) < 4.78 is 5.54. The third-order valence-electron chi connectivity index (χ3n) is 5.03. The largest absolute Gasteiger partial charge is 0.389 e. The Morgan fingerprint density at radius 1 is 0.654 bits per heavy atom. The Bertz CT molecular complexity index is 259. The molecule has 0 aliphatic rings. The van der Waals surface area contributed by atoms with Crippen LogP contribution in [-0.4, -0.2) is 50.0 Å². The first-order valence-corrected chi connectivity index (χ1v) is 11.6. The number of aliphatic hydroxyl groups is 1. The van der Waals surface area contributed by atoms with Crippen LogP contribution >= 0.6 is 0 Å². The lowest BCUT2D eigenvalue weighted by Crippen LogP contribution is -2.29. The van der Waals surface area contributed by atoms with E-state index in [1.807, 2.05) is 19.0 Å². The van der Waals surface area contributed by atoms with Gasteiger partial charge in [0.25, 0.3) is 0 Å². The van der Waals surface area contributed by atoms with Crippen LogP contribution in [0.4, 0.5) is 0 Å². The molecule has 0 aliphatic carbocycles. The van der Waals surface area contributed by atoms with E-state index in [9.17, 15) is 5.11 Å². The summed E-state index contributed by atoms with van der Waals surface area (Å²) in [6, 6.07) is 0. The minimum atomic E-state index is -0.356. The summed E-state index contributed by atoms with van der Waals surface area (Å²) in [5.41, 5.74) is 0. The van der Waals surface area contributed by atoms with Crippen LogP contribution in [0, 0.1) is 0 Å². The van der Waals surface area contributed by atoms with Gasteiger partial charge in [-0.3, -0.25) is 0 Å². The topological polar surface area (TPSA) is 32.7 Å². The lowest BCUT2D eigenvalue weighted by atomic mass is 10.0. The number of likely N-dealkylation sites (N-methyl/N-ethyl adjacent to an activating group) is 1. The zero-order valence-electron chi connectivity index (χ0n) is 18.3. The predicted octanol–water partition coefficient (Wildman–Crippen LogP) is 6.19. The molecule has 0 spiro atoms. The summed E-state index contributed by atoms with van der Waals surface area (Å²) in [6.45, 7) is 4.23. The van der Waals surface area contributed by atoms with Crippen molar-refractivity contribution in [2.24, 2.45) is 0 Å². The van der Waals surface area contributed by atoms with Crippen LogP contribution in [0.15, 0.2) is 0 Å². The molecule has 0 bridgehead atoms. The van der Waals surface area contributed by atoms with Gasteiger partial charge in [-0.05, 0) is 20.5 Å². The molecule has 1 unspecified atom stereocenters. The number of hydrogen-bond acceptors (Lipinski definition) is 3. The highest BCUT2D eigenvalue weighted by Gasteiger charge is 2.04. The normalized spacial score (nSPS) is 12.8. The minimum Gasteiger partial charge on any atom is -0.389 e. The molecule has 0 fully saturated rings. The van der Waals surface area contributed by atoms with Crippen molar-refractivity contribution in [3.8, 4) is 0 Å². The Morgan fingerprint density at radius 2 is 1.04 bits per heavy atom. The Hall–Kier alpha value is -0.120. The second kappa shape index (κ2) is 21.2. The molecular weight excluding hydrogens is 322 g/mol. The maximum atomic E-state index is 9.69. The second-order valence-corrected chi connectivity index (χ2v) is 8.29. The first-order valence-electron chi connectivity index (χ1n) is 11.6. The quantitative estimate of drug-likeness (QED) is 0.244. The van der Waals surface area contributed by atoms with Gasteiger partial charge >= 0.3 is 0 Å². The smallest absolute Gasteiger partial charge is 0.0899 e. The molecule has 3 nitrogen and oxygen atoms in total. The Kier molecular flexibility index (Phi) is 21.1. The number of rotatable bonds is 21. The van der Waals surface area contributed by atoms with Gasteiger partial charge in [0.2, 0.25) is 0 Å². The van der Waals surface area contributed by atoms with E-state index >= 15 is 0 Å². The van der Waals surface area contributed by atoms with Crippen LogP contribution in [0.5, 0.6) is 0 Å². The molecule has 0 rings (SSSR count). The Balaban J connectivity index is 3.05. The first kappa shape index (κ1) is 25.9.